The van der Waals surface area contributed by atoms with Crippen LogP contribution in [0, 0.1) is 4.91 Å². The zero-order valence-electron chi connectivity index (χ0n) is 13.0. The fraction of sp³-hybridized carbons (Fsp3) is 0.222. The monoisotopic (exact) mass is 327 g/mol. The number of hydrogen-bond acceptors (Lipinski definition) is 6. The Bertz CT molecular complexity index is 700. The number of esters is 1. The highest BCUT2D eigenvalue weighted by Gasteiger charge is 2.11. The summed E-state index contributed by atoms with van der Waals surface area (Å²) in [5.41, 5.74) is 1.82. The van der Waals surface area contributed by atoms with E-state index in [2.05, 4.69) is 10.2 Å². The fourth-order valence-corrected chi connectivity index (χ4v) is 2.14. The van der Waals surface area contributed by atoms with Gasteiger partial charge in [-0.1, -0.05) is 48.5 Å². The number of ether oxygens (including phenoxy) is 1. The van der Waals surface area contributed by atoms with E-state index in [0.29, 0.717) is 23.1 Å². The molecule has 0 amide bonds. The second-order valence-electron chi connectivity index (χ2n) is 5.05. The number of rotatable bonds is 9. The Kier molecular flexibility index (Phi) is 6.64. The molecule has 0 saturated heterocycles. The largest absolute Gasteiger partial charge is 0.465 e. The van der Waals surface area contributed by atoms with Crippen LogP contribution in [0.25, 0.3) is 0 Å². The first-order valence-electron chi connectivity index (χ1n) is 7.49. The van der Waals surface area contributed by atoms with Gasteiger partial charge in [-0.05, 0) is 11.6 Å². The molecule has 2 rings (SSSR count). The van der Waals surface area contributed by atoms with Crippen LogP contribution >= 0.6 is 0 Å². The molecule has 0 bridgehead atoms. The molecule has 6 heteroatoms. The SMILES string of the molecule is O=NOCCCOC(=O)Cc1cccc(C(=O)c2ccccc2)c1. The quantitative estimate of drug-likeness (QED) is 0.232. The van der Waals surface area contributed by atoms with Crippen molar-refractivity contribution >= 4 is 11.8 Å². The lowest BCUT2D eigenvalue weighted by Gasteiger charge is -2.06. The minimum absolute atomic E-state index is 0.0721. The normalized spacial score (nSPS) is 10.0. The van der Waals surface area contributed by atoms with Crippen LogP contribution in [0.3, 0.4) is 0 Å². The molecule has 124 valence electrons. The highest BCUT2D eigenvalue weighted by molar-refractivity contribution is 6.09. The minimum Gasteiger partial charge on any atom is -0.465 e. The van der Waals surface area contributed by atoms with E-state index in [1.165, 1.54) is 0 Å². The van der Waals surface area contributed by atoms with Gasteiger partial charge in [0.15, 0.2) is 11.1 Å². The highest BCUT2D eigenvalue weighted by Crippen LogP contribution is 2.12. The Balaban J connectivity index is 1.92. The third-order valence-corrected chi connectivity index (χ3v) is 3.27. The van der Waals surface area contributed by atoms with E-state index in [-0.39, 0.29) is 25.4 Å². The summed E-state index contributed by atoms with van der Waals surface area (Å²) < 4.78 is 5.03. The summed E-state index contributed by atoms with van der Waals surface area (Å²) in [6.07, 6.45) is 0.465. The summed E-state index contributed by atoms with van der Waals surface area (Å²) in [7, 11) is 0. The molecule has 0 heterocycles. The molecular weight excluding hydrogens is 310 g/mol. The molecule has 2 aromatic rings. The van der Waals surface area contributed by atoms with Crippen molar-refractivity contribution in [1.82, 2.24) is 0 Å². The Labute approximate surface area is 139 Å². The molecule has 24 heavy (non-hydrogen) atoms. The molecule has 0 spiro atoms. The molecule has 2 aromatic carbocycles. The first-order valence-corrected chi connectivity index (χ1v) is 7.49. The molecule has 0 aliphatic heterocycles. The maximum atomic E-state index is 12.4. The number of nitrogens with zero attached hydrogens (tertiary/aromatic N) is 1. The summed E-state index contributed by atoms with van der Waals surface area (Å²) in [5, 5.41) is 2.25. The van der Waals surface area contributed by atoms with Crippen molar-refractivity contribution in [1.29, 1.82) is 0 Å². The van der Waals surface area contributed by atoms with Crippen molar-refractivity contribution in [2.24, 2.45) is 5.34 Å². The molecule has 0 aromatic heterocycles. The maximum absolute atomic E-state index is 12.4. The summed E-state index contributed by atoms with van der Waals surface area (Å²) in [6, 6.07) is 15.9. The van der Waals surface area contributed by atoms with E-state index in [1.807, 2.05) is 6.07 Å². The lowest BCUT2D eigenvalue weighted by Crippen LogP contribution is -2.11. The summed E-state index contributed by atoms with van der Waals surface area (Å²) in [5.74, 6) is -0.497. The van der Waals surface area contributed by atoms with Gasteiger partial charge in [0, 0.05) is 17.5 Å². The molecule has 0 aliphatic carbocycles. The predicted molar refractivity (Wildman–Crippen MR) is 87.3 cm³/mol. The Hall–Kier alpha value is -3.02. The van der Waals surface area contributed by atoms with E-state index < -0.39 is 5.97 Å². The molecule has 0 aliphatic rings. The van der Waals surface area contributed by atoms with Crippen LogP contribution in [-0.2, 0) is 20.8 Å². The summed E-state index contributed by atoms with van der Waals surface area (Å²) in [4.78, 5) is 38.1. The van der Waals surface area contributed by atoms with Gasteiger partial charge in [-0.25, -0.2) is 0 Å². The van der Waals surface area contributed by atoms with Crippen molar-refractivity contribution in [3.05, 3.63) is 76.2 Å². The molecule has 6 nitrogen and oxygen atoms in total. The van der Waals surface area contributed by atoms with Gasteiger partial charge in [-0.2, -0.15) is 0 Å². The Morgan fingerprint density at radius 1 is 0.917 bits per heavy atom. The number of benzene rings is 2. The van der Waals surface area contributed by atoms with Crippen molar-refractivity contribution in [2.45, 2.75) is 12.8 Å². The zero-order chi connectivity index (χ0) is 17.2. The van der Waals surface area contributed by atoms with E-state index in [4.69, 9.17) is 4.74 Å². The van der Waals surface area contributed by atoms with Gasteiger partial charge in [0.2, 0.25) is 0 Å². The first-order chi connectivity index (χ1) is 11.7. The van der Waals surface area contributed by atoms with Crippen molar-refractivity contribution < 1.29 is 19.2 Å². The van der Waals surface area contributed by atoms with E-state index in [0.717, 1.165) is 0 Å². The van der Waals surface area contributed by atoms with Crippen molar-refractivity contribution in [3.63, 3.8) is 0 Å². The molecule has 0 atom stereocenters. The van der Waals surface area contributed by atoms with Gasteiger partial charge in [0.1, 0.15) is 6.61 Å². The van der Waals surface area contributed by atoms with Crippen LogP contribution in [0.1, 0.15) is 27.9 Å². The molecule has 0 radical (unpaired) electrons. The van der Waals surface area contributed by atoms with E-state index in [9.17, 15) is 14.5 Å². The first kappa shape index (κ1) is 17.3. The average Bonchev–Trinajstić information content (AvgIpc) is 2.62. The third kappa shape index (κ3) is 5.31. The van der Waals surface area contributed by atoms with Gasteiger partial charge in [0.25, 0.3) is 0 Å². The molecule has 0 saturated carbocycles. The lowest BCUT2D eigenvalue weighted by atomic mass is 10.0. The zero-order valence-corrected chi connectivity index (χ0v) is 13.0. The average molecular weight is 327 g/mol. The Morgan fingerprint density at radius 3 is 2.42 bits per heavy atom. The lowest BCUT2D eigenvalue weighted by molar-refractivity contribution is -0.143. The van der Waals surface area contributed by atoms with Crippen LogP contribution in [0.4, 0.5) is 0 Å². The van der Waals surface area contributed by atoms with Crippen molar-refractivity contribution in [2.75, 3.05) is 13.2 Å². The second kappa shape index (κ2) is 9.19. The predicted octanol–water partition coefficient (Wildman–Crippen LogP) is 3.09. The maximum Gasteiger partial charge on any atom is 0.310 e. The van der Waals surface area contributed by atoms with E-state index >= 15 is 0 Å². The topological polar surface area (TPSA) is 82.0 Å². The summed E-state index contributed by atoms with van der Waals surface area (Å²) in [6.45, 7) is 0.259. The van der Waals surface area contributed by atoms with Crippen LogP contribution < -0.4 is 0 Å². The molecule has 0 fully saturated rings. The number of carbonyl (C=O) groups is 2. The van der Waals surface area contributed by atoms with Crippen molar-refractivity contribution in [3.8, 4) is 0 Å². The second-order valence-corrected chi connectivity index (χ2v) is 5.05. The minimum atomic E-state index is -0.404. The highest BCUT2D eigenvalue weighted by atomic mass is 16.7. The van der Waals surface area contributed by atoms with E-state index in [1.54, 1.807) is 48.5 Å². The fourth-order valence-electron chi connectivity index (χ4n) is 2.14. The van der Waals surface area contributed by atoms with Gasteiger partial charge in [0.05, 0.1) is 13.0 Å². The standard InChI is InChI=1S/C18H17NO5/c20-17(23-10-5-11-24-19-22)13-14-6-4-9-16(12-14)18(21)15-7-2-1-3-8-15/h1-4,6-9,12H,5,10-11,13H2. The van der Waals surface area contributed by atoms with Crippen LogP contribution in [0.15, 0.2) is 59.9 Å². The molecule has 0 N–H and O–H groups in total. The van der Waals surface area contributed by atoms with Gasteiger partial charge < -0.3 is 9.57 Å². The Morgan fingerprint density at radius 2 is 1.67 bits per heavy atom. The number of ketones is 1. The number of hydrogen-bond donors (Lipinski definition) is 0. The van der Waals surface area contributed by atoms with Gasteiger partial charge in [-0.3, -0.25) is 9.59 Å². The smallest absolute Gasteiger partial charge is 0.310 e. The van der Waals surface area contributed by atoms with Crippen LogP contribution in [-0.4, -0.2) is 25.0 Å². The van der Waals surface area contributed by atoms with Gasteiger partial charge >= 0.3 is 5.97 Å². The van der Waals surface area contributed by atoms with Gasteiger partial charge in [-0.15, -0.1) is 4.91 Å². The summed E-state index contributed by atoms with van der Waals surface area (Å²) >= 11 is 0. The molecule has 0 unspecified atom stereocenters. The number of carbonyl (C=O) groups excluding carboxylic acids is 2. The van der Waals surface area contributed by atoms with Crippen LogP contribution in [0.5, 0.6) is 0 Å². The third-order valence-electron chi connectivity index (χ3n) is 3.27. The van der Waals surface area contributed by atoms with Crippen LogP contribution in [0.2, 0.25) is 0 Å². The molecular formula is C18H17NO5.